The smallest absolute Gasteiger partial charge is 0.119 e. The van der Waals surface area contributed by atoms with Gasteiger partial charge in [-0.2, -0.15) is 0 Å². The molecule has 3 rings (SSSR count). The highest BCUT2D eigenvalue weighted by atomic mass is 35.5. The van der Waals surface area contributed by atoms with Crippen molar-refractivity contribution in [3.8, 4) is 5.75 Å². The number of anilines is 1. The minimum Gasteiger partial charge on any atom is -0.491 e. The predicted molar refractivity (Wildman–Crippen MR) is 105 cm³/mol. The average Bonchev–Trinajstić information content (AvgIpc) is 2.61. The number of hydrogen-bond donors (Lipinski definition) is 1. The molecule has 4 nitrogen and oxygen atoms in total. The molecule has 25 heavy (non-hydrogen) atoms. The van der Waals surface area contributed by atoms with Crippen molar-refractivity contribution in [2.45, 2.75) is 6.10 Å². The summed E-state index contributed by atoms with van der Waals surface area (Å²) in [4.78, 5) is 4.61. The van der Waals surface area contributed by atoms with Crippen molar-refractivity contribution in [3.63, 3.8) is 0 Å². The van der Waals surface area contributed by atoms with Gasteiger partial charge in [0.25, 0.3) is 0 Å². The monoisotopic (exact) mass is 382 g/mol. The fourth-order valence-corrected chi connectivity index (χ4v) is 3.11. The molecule has 1 saturated heterocycles. The van der Waals surface area contributed by atoms with Gasteiger partial charge in [-0.05, 0) is 30.3 Å². The van der Waals surface area contributed by atoms with E-state index >= 15 is 0 Å². The molecular weight excluding hydrogens is 359 g/mol. The Hall–Kier alpha value is -1.46. The van der Waals surface area contributed by atoms with Crippen molar-refractivity contribution in [2.75, 3.05) is 44.2 Å². The van der Waals surface area contributed by atoms with Crippen LogP contribution in [0, 0.1) is 0 Å². The van der Waals surface area contributed by atoms with Crippen molar-refractivity contribution >= 4 is 29.7 Å². The van der Waals surface area contributed by atoms with E-state index in [1.54, 1.807) is 0 Å². The molecule has 1 atom stereocenters. The first kappa shape index (κ1) is 19.9. The summed E-state index contributed by atoms with van der Waals surface area (Å²) in [6, 6.07) is 17.6. The van der Waals surface area contributed by atoms with Gasteiger partial charge in [-0.1, -0.05) is 35.9 Å². The maximum Gasteiger partial charge on any atom is 0.119 e. The normalized spacial score (nSPS) is 16.2. The lowest BCUT2D eigenvalue weighted by atomic mass is 10.2. The van der Waals surface area contributed by atoms with Crippen LogP contribution in [-0.4, -0.2) is 55.4 Å². The number of nitrogens with zero attached hydrogens (tertiary/aromatic N) is 2. The second kappa shape index (κ2) is 9.88. The fraction of sp³-hybridized carbons (Fsp3) is 0.368. The van der Waals surface area contributed by atoms with E-state index in [2.05, 4.69) is 15.9 Å². The Morgan fingerprint density at radius 2 is 1.72 bits per heavy atom. The molecule has 2 aromatic rings. The Kier molecular flexibility index (Phi) is 7.85. The van der Waals surface area contributed by atoms with Crippen LogP contribution in [-0.2, 0) is 0 Å². The molecule has 1 aliphatic rings. The number of benzene rings is 2. The molecule has 0 radical (unpaired) electrons. The lowest BCUT2D eigenvalue weighted by Crippen LogP contribution is -2.49. The molecule has 0 aromatic heterocycles. The maximum atomic E-state index is 10.2. The molecule has 1 heterocycles. The number of aliphatic hydroxyl groups is 1. The van der Waals surface area contributed by atoms with E-state index in [0.29, 0.717) is 13.2 Å². The largest absolute Gasteiger partial charge is 0.491 e. The van der Waals surface area contributed by atoms with Crippen LogP contribution in [0.25, 0.3) is 0 Å². The van der Waals surface area contributed by atoms with Crippen LogP contribution >= 0.6 is 24.0 Å². The molecular formula is C19H24Cl2N2O2. The molecule has 0 spiro atoms. The standard InChI is InChI=1S/C19H23ClN2O2.ClH/c20-16-5-4-6-17(13-16)22-11-9-21(10-12-22)14-18(23)15-24-19-7-2-1-3-8-19;/h1-8,13,18,23H,9-12,14-15H2;1H. The third-order valence-corrected chi connectivity index (χ3v) is 4.44. The first-order valence-electron chi connectivity index (χ1n) is 8.29. The Bertz CT molecular complexity index is 634. The second-order valence-corrected chi connectivity index (χ2v) is 6.48. The third kappa shape index (κ3) is 6.08. The van der Waals surface area contributed by atoms with Gasteiger partial charge in [0.05, 0.1) is 0 Å². The minimum atomic E-state index is -0.483. The Labute approximate surface area is 160 Å². The van der Waals surface area contributed by atoms with E-state index in [1.807, 2.05) is 48.5 Å². The summed E-state index contributed by atoms with van der Waals surface area (Å²) in [6.07, 6.45) is -0.483. The van der Waals surface area contributed by atoms with E-state index in [1.165, 1.54) is 0 Å². The number of hydrogen-bond acceptors (Lipinski definition) is 4. The van der Waals surface area contributed by atoms with Crippen LogP contribution in [0.3, 0.4) is 0 Å². The van der Waals surface area contributed by atoms with E-state index < -0.39 is 6.10 Å². The Morgan fingerprint density at radius 1 is 1.00 bits per heavy atom. The van der Waals surface area contributed by atoms with Crippen LogP contribution in [0.1, 0.15) is 0 Å². The van der Waals surface area contributed by atoms with Gasteiger partial charge in [-0.3, -0.25) is 4.90 Å². The lowest BCUT2D eigenvalue weighted by Gasteiger charge is -2.36. The molecule has 2 aromatic carbocycles. The fourth-order valence-electron chi connectivity index (χ4n) is 2.92. The molecule has 1 unspecified atom stereocenters. The zero-order chi connectivity index (χ0) is 16.8. The summed E-state index contributed by atoms with van der Waals surface area (Å²) >= 11 is 6.06. The molecule has 1 fully saturated rings. The second-order valence-electron chi connectivity index (χ2n) is 6.05. The van der Waals surface area contributed by atoms with E-state index in [9.17, 15) is 5.11 Å². The number of piperazine rings is 1. The SMILES string of the molecule is Cl.OC(COc1ccccc1)CN1CCN(c2cccc(Cl)c2)CC1. The van der Waals surface area contributed by atoms with Crippen molar-refractivity contribution < 1.29 is 9.84 Å². The molecule has 0 bridgehead atoms. The number of aliphatic hydroxyl groups excluding tert-OH is 1. The Balaban J connectivity index is 0.00000225. The number of para-hydroxylation sites is 1. The summed E-state index contributed by atoms with van der Waals surface area (Å²) in [5.41, 5.74) is 1.16. The van der Waals surface area contributed by atoms with Crippen LogP contribution in [0.4, 0.5) is 5.69 Å². The highest BCUT2D eigenvalue weighted by Gasteiger charge is 2.19. The maximum absolute atomic E-state index is 10.2. The summed E-state index contributed by atoms with van der Waals surface area (Å²) < 4.78 is 5.61. The molecule has 136 valence electrons. The predicted octanol–water partition coefficient (Wildman–Crippen LogP) is 3.32. The highest BCUT2D eigenvalue weighted by Crippen LogP contribution is 2.20. The molecule has 0 amide bonds. The van der Waals surface area contributed by atoms with Crippen molar-refractivity contribution in [2.24, 2.45) is 0 Å². The molecule has 0 saturated carbocycles. The minimum absolute atomic E-state index is 0. The molecule has 1 N–H and O–H groups in total. The van der Waals surface area contributed by atoms with E-state index in [0.717, 1.165) is 42.6 Å². The first-order chi connectivity index (χ1) is 11.7. The molecule has 6 heteroatoms. The molecule has 1 aliphatic heterocycles. The van der Waals surface area contributed by atoms with Crippen LogP contribution in [0.2, 0.25) is 5.02 Å². The Morgan fingerprint density at radius 3 is 2.40 bits per heavy atom. The topological polar surface area (TPSA) is 35.9 Å². The van der Waals surface area contributed by atoms with Crippen molar-refractivity contribution in [3.05, 3.63) is 59.6 Å². The summed E-state index contributed by atoms with van der Waals surface area (Å²) in [5, 5.41) is 11.0. The van der Waals surface area contributed by atoms with Gasteiger partial charge in [0.2, 0.25) is 0 Å². The quantitative estimate of drug-likeness (QED) is 0.830. The van der Waals surface area contributed by atoms with Crippen molar-refractivity contribution in [1.82, 2.24) is 4.90 Å². The van der Waals surface area contributed by atoms with E-state index in [4.69, 9.17) is 16.3 Å². The zero-order valence-corrected chi connectivity index (χ0v) is 15.6. The summed E-state index contributed by atoms with van der Waals surface area (Å²) in [5.74, 6) is 0.794. The number of β-amino-alcohol motifs (C(OH)–C–C–N with tert-alkyl or cyclic N) is 1. The third-order valence-electron chi connectivity index (χ3n) is 4.20. The van der Waals surface area contributed by atoms with Gasteiger partial charge < -0.3 is 14.7 Å². The number of ether oxygens (including phenoxy) is 1. The van der Waals surface area contributed by atoms with Gasteiger partial charge >= 0.3 is 0 Å². The van der Waals surface area contributed by atoms with Crippen molar-refractivity contribution in [1.29, 1.82) is 0 Å². The van der Waals surface area contributed by atoms with Crippen LogP contribution in [0.15, 0.2) is 54.6 Å². The van der Waals surface area contributed by atoms with Gasteiger partial charge in [0, 0.05) is 43.4 Å². The van der Waals surface area contributed by atoms with Gasteiger partial charge in [0.1, 0.15) is 18.5 Å². The number of rotatable bonds is 6. The van der Waals surface area contributed by atoms with Gasteiger partial charge in [-0.25, -0.2) is 0 Å². The van der Waals surface area contributed by atoms with Crippen LogP contribution in [0.5, 0.6) is 5.75 Å². The summed E-state index contributed by atoms with van der Waals surface area (Å²) in [7, 11) is 0. The molecule has 0 aliphatic carbocycles. The average molecular weight is 383 g/mol. The highest BCUT2D eigenvalue weighted by molar-refractivity contribution is 6.30. The van der Waals surface area contributed by atoms with E-state index in [-0.39, 0.29) is 12.4 Å². The first-order valence-corrected chi connectivity index (χ1v) is 8.67. The summed E-state index contributed by atoms with van der Waals surface area (Å²) in [6.45, 7) is 4.68. The zero-order valence-electron chi connectivity index (χ0n) is 14.1. The lowest BCUT2D eigenvalue weighted by molar-refractivity contribution is 0.0663. The van der Waals surface area contributed by atoms with Gasteiger partial charge in [0.15, 0.2) is 0 Å². The van der Waals surface area contributed by atoms with Crippen LogP contribution < -0.4 is 9.64 Å². The van der Waals surface area contributed by atoms with Gasteiger partial charge in [-0.15, -0.1) is 12.4 Å². The number of halogens is 2.